The number of anilines is 1. The van der Waals surface area contributed by atoms with Crippen LogP contribution in [0.3, 0.4) is 0 Å². The van der Waals surface area contributed by atoms with Gasteiger partial charge in [-0.2, -0.15) is 0 Å². The van der Waals surface area contributed by atoms with Crippen LogP contribution in [0.1, 0.15) is 0 Å². The van der Waals surface area contributed by atoms with Gasteiger partial charge in [0, 0.05) is 0 Å². The molecule has 1 aromatic rings. The molecule has 0 unspecified atom stereocenters. The zero-order valence-corrected chi connectivity index (χ0v) is 4.98. The molecule has 1 rings (SSSR count). The highest BCUT2D eigenvalue weighted by molar-refractivity contribution is 5.85. The van der Waals surface area contributed by atoms with Gasteiger partial charge < -0.3 is 5.73 Å². The summed E-state index contributed by atoms with van der Waals surface area (Å²) in [6, 6.07) is -0.689. The highest BCUT2D eigenvalue weighted by atomic mass is 16.2. The predicted molar refractivity (Wildman–Crippen MR) is 33.0 cm³/mol. The largest absolute Gasteiger partial charge is 0.351 e. The van der Waals surface area contributed by atoms with E-state index < -0.39 is 6.03 Å². The lowest BCUT2D eigenvalue weighted by atomic mass is 10.9. The SMILES string of the molecule is NC(=O)Nc1ncncn1. The number of aromatic nitrogens is 3. The molecule has 0 fully saturated rings. The minimum atomic E-state index is -0.689. The van der Waals surface area contributed by atoms with E-state index in [1.165, 1.54) is 12.7 Å². The third-order valence-electron chi connectivity index (χ3n) is 0.728. The van der Waals surface area contributed by atoms with E-state index in [2.05, 4.69) is 20.3 Å². The standard InChI is InChI=1S/C4H5N5O/c5-3(10)9-4-7-1-6-2-8-4/h1-2H,(H3,5,6,7,8,9,10). The Kier molecular flexibility index (Phi) is 1.74. The van der Waals surface area contributed by atoms with E-state index in [4.69, 9.17) is 5.73 Å². The number of hydrogen-bond acceptors (Lipinski definition) is 4. The molecule has 0 bridgehead atoms. The topological polar surface area (TPSA) is 93.8 Å². The molecule has 1 aromatic heterocycles. The van der Waals surface area contributed by atoms with Crippen LogP contribution in [0, 0.1) is 0 Å². The Hall–Kier alpha value is -1.72. The summed E-state index contributed by atoms with van der Waals surface area (Å²) in [5, 5.41) is 2.18. The summed E-state index contributed by atoms with van der Waals surface area (Å²) >= 11 is 0. The molecule has 0 saturated heterocycles. The highest BCUT2D eigenvalue weighted by Gasteiger charge is 1.94. The lowest BCUT2D eigenvalue weighted by molar-refractivity contribution is 0.259. The number of primary amides is 1. The maximum Gasteiger partial charge on any atom is 0.319 e. The minimum Gasteiger partial charge on any atom is -0.351 e. The highest BCUT2D eigenvalue weighted by Crippen LogP contribution is 1.88. The van der Waals surface area contributed by atoms with Crippen molar-refractivity contribution in [1.82, 2.24) is 15.0 Å². The number of carbonyl (C=O) groups is 1. The zero-order chi connectivity index (χ0) is 7.40. The van der Waals surface area contributed by atoms with Crippen molar-refractivity contribution in [1.29, 1.82) is 0 Å². The van der Waals surface area contributed by atoms with Crippen molar-refractivity contribution in [2.24, 2.45) is 5.73 Å². The van der Waals surface area contributed by atoms with E-state index in [0.717, 1.165) is 0 Å². The van der Waals surface area contributed by atoms with Crippen molar-refractivity contribution in [3.05, 3.63) is 12.7 Å². The quantitative estimate of drug-likeness (QED) is 0.541. The van der Waals surface area contributed by atoms with E-state index in [-0.39, 0.29) is 5.95 Å². The van der Waals surface area contributed by atoms with Crippen LogP contribution in [-0.2, 0) is 0 Å². The summed E-state index contributed by atoms with van der Waals surface area (Å²) in [5.41, 5.74) is 4.77. The van der Waals surface area contributed by atoms with E-state index in [9.17, 15) is 4.79 Å². The van der Waals surface area contributed by atoms with Crippen LogP contribution in [0.2, 0.25) is 0 Å². The van der Waals surface area contributed by atoms with Gasteiger partial charge in [-0.25, -0.2) is 19.7 Å². The van der Waals surface area contributed by atoms with Gasteiger partial charge in [0.15, 0.2) is 0 Å². The van der Waals surface area contributed by atoms with Crippen LogP contribution in [0.4, 0.5) is 10.7 Å². The second-order valence-electron chi connectivity index (χ2n) is 1.45. The van der Waals surface area contributed by atoms with Crippen LogP contribution in [-0.4, -0.2) is 21.0 Å². The molecule has 6 nitrogen and oxygen atoms in total. The summed E-state index contributed by atoms with van der Waals surface area (Å²) < 4.78 is 0. The van der Waals surface area contributed by atoms with Gasteiger partial charge in [-0.05, 0) is 0 Å². The fourth-order valence-electron chi connectivity index (χ4n) is 0.414. The van der Waals surface area contributed by atoms with Crippen molar-refractivity contribution in [3.8, 4) is 0 Å². The normalized spacial score (nSPS) is 8.80. The van der Waals surface area contributed by atoms with E-state index in [1.807, 2.05) is 0 Å². The number of hydrogen-bond donors (Lipinski definition) is 2. The predicted octanol–water partition coefficient (Wildman–Crippen LogP) is -0.638. The fourth-order valence-corrected chi connectivity index (χ4v) is 0.414. The first-order valence-corrected chi connectivity index (χ1v) is 2.47. The number of amides is 2. The van der Waals surface area contributed by atoms with E-state index >= 15 is 0 Å². The summed E-state index contributed by atoms with van der Waals surface area (Å²) in [6.07, 6.45) is 2.52. The molecule has 0 atom stereocenters. The molecule has 1 heterocycles. The Morgan fingerprint density at radius 1 is 1.50 bits per heavy atom. The molecule has 10 heavy (non-hydrogen) atoms. The minimum absolute atomic E-state index is 0.155. The molecule has 0 aliphatic heterocycles. The molecule has 52 valence electrons. The number of nitrogens with zero attached hydrogens (tertiary/aromatic N) is 3. The van der Waals surface area contributed by atoms with Gasteiger partial charge in [0.1, 0.15) is 12.7 Å². The smallest absolute Gasteiger partial charge is 0.319 e. The maximum absolute atomic E-state index is 10.2. The molecule has 3 N–H and O–H groups in total. The van der Waals surface area contributed by atoms with Crippen molar-refractivity contribution in [2.75, 3.05) is 5.32 Å². The van der Waals surface area contributed by atoms with Crippen LogP contribution in [0.5, 0.6) is 0 Å². The van der Waals surface area contributed by atoms with Crippen molar-refractivity contribution in [2.45, 2.75) is 0 Å². The van der Waals surface area contributed by atoms with Crippen LogP contribution in [0.15, 0.2) is 12.7 Å². The summed E-state index contributed by atoms with van der Waals surface area (Å²) in [4.78, 5) is 20.9. The first-order valence-electron chi connectivity index (χ1n) is 2.47. The monoisotopic (exact) mass is 139 g/mol. The van der Waals surface area contributed by atoms with Crippen LogP contribution >= 0.6 is 0 Å². The third kappa shape index (κ3) is 1.66. The van der Waals surface area contributed by atoms with Gasteiger partial charge in [0.2, 0.25) is 5.95 Å². The summed E-state index contributed by atoms with van der Waals surface area (Å²) in [7, 11) is 0. The molecule has 0 saturated carbocycles. The lowest BCUT2D eigenvalue weighted by Gasteiger charge is -1.94. The molecule has 0 aliphatic carbocycles. The van der Waals surface area contributed by atoms with Crippen molar-refractivity contribution in [3.63, 3.8) is 0 Å². The second kappa shape index (κ2) is 2.72. The van der Waals surface area contributed by atoms with Gasteiger partial charge in [-0.3, -0.25) is 5.32 Å². The fraction of sp³-hybridized carbons (Fsp3) is 0. The number of carbonyl (C=O) groups excluding carboxylic acids is 1. The number of nitrogens with two attached hydrogens (primary N) is 1. The molecule has 0 aliphatic rings. The first kappa shape index (κ1) is 6.40. The van der Waals surface area contributed by atoms with Gasteiger partial charge >= 0.3 is 6.03 Å². The third-order valence-corrected chi connectivity index (χ3v) is 0.728. The van der Waals surface area contributed by atoms with Crippen LogP contribution in [0.25, 0.3) is 0 Å². The molecular weight excluding hydrogens is 134 g/mol. The molecule has 2 amide bonds. The Labute approximate surface area is 56.5 Å². The zero-order valence-electron chi connectivity index (χ0n) is 4.98. The van der Waals surface area contributed by atoms with Gasteiger partial charge in [-0.1, -0.05) is 0 Å². The van der Waals surface area contributed by atoms with Gasteiger partial charge in [0.05, 0.1) is 0 Å². The average molecular weight is 139 g/mol. The number of rotatable bonds is 1. The van der Waals surface area contributed by atoms with Crippen molar-refractivity contribution >= 4 is 12.0 Å². The Bertz CT molecular complexity index is 222. The van der Waals surface area contributed by atoms with E-state index in [0.29, 0.717) is 0 Å². The molecule has 0 radical (unpaired) electrons. The summed E-state index contributed by atoms with van der Waals surface area (Å²) in [5.74, 6) is 0.155. The number of nitrogens with one attached hydrogen (secondary N) is 1. The van der Waals surface area contributed by atoms with Gasteiger partial charge in [0.25, 0.3) is 0 Å². The van der Waals surface area contributed by atoms with Crippen LogP contribution < -0.4 is 11.1 Å². The Morgan fingerprint density at radius 2 is 2.10 bits per heavy atom. The Balaban J connectivity index is 2.67. The molecule has 0 aromatic carbocycles. The Morgan fingerprint density at radius 3 is 2.60 bits per heavy atom. The van der Waals surface area contributed by atoms with E-state index in [1.54, 1.807) is 0 Å². The maximum atomic E-state index is 10.2. The van der Waals surface area contributed by atoms with Crippen molar-refractivity contribution < 1.29 is 4.79 Å². The molecule has 6 heteroatoms. The lowest BCUT2D eigenvalue weighted by Crippen LogP contribution is -2.20. The average Bonchev–Trinajstić information content (AvgIpc) is 1.88. The van der Waals surface area contributed by atoms with Gasteiger partial charge in [-0.15, -0.1) is 0 Å². The molecule has 0 spiro atoms. The second-order valence-corrected chi connectivity index (χ2v) is 1.45. The molecular formula is C4H5N5O. The summed E-state index contributed by atoms with van der Waals surface area (Å²) in [6.45, 7) is 0. The first-order chi connectivity index (χ1) is 4.79. The number of urea groups is 1.